The van der Waals surface area contributed by atoms with E-state index >= 15 is 0 Å². The van der Waals surface area contributed by atoms with Crippen LogP contribution in [0.2, 0.25) is 0 Å². The third kappa shape index (κ3) is 2.77. The maximum atomic E-state index is 8.69. The van der Waals surface area contributed by atoms with Gasteiger partial charge in [0.1, 0.15) is 11.5 Å². The zero-order valence-electron chi connectivity index (χ0n) is 9.06. The fraction of sp³-hybridized carbons (Fsp3) is 0.0714. The molecule has 2 aromatic carbocycles. The predicted octanol–water partition coefficient (Wildman–Crippen LogP) is 4.09. The lowest BCUT2D eigenvalue weighted by molar-refractivity contribution is 0.478. The summed E-state index contributed by atoms with van der Waals surface area (Å²) in [4.78, 5) is 0. The van der Waals surface area contributed by atoms with E-state index in [-0.39, 0.29) is 0 Å². The molecule has 0 N–H and O–H groups in total. The van der Waals surface area contributed by atoms with Crippen molar-refractivity contribution < 1.29 is 4.74 Å². The van der Waals surface area contributed by atoms with Gasteiger partial charge in [0, 0.05) is 5.56 Å². The normalized spacial score (nSPS) is 9.65. The van der Waals surface area contributed by atoms with E-state index in [0.29, 0.717) is 17.2 Å². The van der Waals surface area contributed by atoms with Gasteiger partial charge in [-0.1, -0.05) is 18.2 Å². The maximum absolute atomic E-state index is 8.69. The van der Waals surface area contributed by atoms with Gasteiger partial charge in [-0.05, 0) is 30.3 Å². The Morgan fingerprint density at radius 3 is 2.41 bits per heavy atom. The quantitative estimate of drug-likeness (QED) is 0.761. The Morgan fingerprint density at radius 2 is 1.76 bits per heavy atom. The molecule has 0 heterocycles. The van der Waals surface area contributed by atoms with Crippen LogP contribution in [0.15, 0.2) is 48.5 Å². The number of para-hydroxylation sites is 1. The van der Waals surface area contributed by atoms with Crippen molar-refractivity contribution in [2.75, 3.05) is 0 Å². The van der Waals surface area contributed by atoms with Crippen molar-refractivity contribution in [3.05, 3.63) is 59.7 Å². The summed E-state index contributed by atoms with van der Waals surface area (Å²) in [6.07, 6.45) is 0. The molecule has 0 bridgehead atoms. The smallest absolute Gasteiger partial charge is 0.131 e. The average Bonchev–Trinajstić information content (AvgIpc) is 2.40. The molecule has 2 aromatic rings. The summed E-state index contributed by atoms with van der Waals surface area (Å²) in [5.74, 6) is 1.85. The van der Waals surface area contributed by atoms with Gasteiger partial charge in [0.05, 0.1) is 17.5 Å². The highest BCUT2D eigenvalue weighted by molar-refractivity contribution is 6.17. The topological polar surface area (TPSA) is 33.0 Å². The predicted molar refractivity (Wildman–Crippen MR) is 67.2 cm³/mol. The summed E-state index contributed by atoms with van der Waals surface area (Å²) in [5.41, 5.74) is 1.56. The van der Waals surface area contributed by atoms with Crippen LogP contribution in [0.1, 0.15) is 11.1 Å². The molecule has 17 heavy (non-hydrogen) atoms. The summed E-state index contributed by atoms with van der Waals surface area (Å²) >= 11 is 5.82. The van der Waals surface area contributed by atoms with Gasteiger partial charge in [-0.25, -0.2) is 0 Å². The first-order valence-electron chi connectivity index (χ1n) is 5.15. The number of halogens is 1. The van der Waals surface area contributed by atoms with Crippen molar-refractivity contribution in [2.45, 2.75) is 5.88 Å². The highest BCUT2D eigenvalue weighted by Gasteiger charge is 2.03. The molecule has 0 radical (unpaired) electrons. The molecule has 3 heteroatoms. The summed E-state index contributed by atoms with van der Waals surface area (Å²) < 4.78 is 5.71. The van der Waals surface area contributed by atoms with E-state index in [0.717, 1.165) is 11.3 Å². The first kappa shape index (κ1) is 11.5. The standard InChI is InChI=1S/C14H10ClNO/c15-9-12-3-1-2-4-14(12)17-13-7-5-11(10-16)6-8-13/h1-8H,9H2. The monoisotopic (exact) mass is 243 g/mol. The molecule has 0 aliphatic rings. The van der Waals surface area contributed by atoms with Crippen molar-refractivity contribution in [2.24, 2.45) is 0 Å². The van der Waals surface area contributed by atoms with E-state index in [1.807, 2.05) is 24.3 Å². The van der Waals surface area contributed by atoms with Crippen molar-refractivity contribution in [1.29, 1.82) is 5.26 Å². The molecule has 0 aliphatic carbocycles. The molecule has 0 spiro atoms. The summed E-state index contributed by atoms with van der Waals surface area (Å²) in [6.45, 7) is 0. The van der Waals surface area contributed by atoms with E-state index in [1.54, 1.807) is 24.3 Å². The number of ether oxygens (including phenoxy) is 1. The highest BCUT2D eigenvalue weighted by Crippen LogP contribution is 2.26. The van der Waals surface area contributed by atoms with Gasteiger partial charge in [-0.3, -0.25) is 0 Å². The molecule has 0 unspecified atom stereocenters. The van der Waals surface area contributed by atoms with Crippen LogP contribution in [0.5, 0.6) is 11.5 Å². The van der Waals surface area contributed by atoms with Gasteiger partial charge in [-0.2, -0.15) is 5.26 Å². The van der Waals surface area contributed by atoms with E-state index in [2.05, 4.69) is 6.07 Å². The fourth-order valence-corrected chi connectivity index (χ4v) is 1.66. The summed E-state index contributed by atoms with van der Waals surface area (Å²) in [6, 6.07) is 16.7. The SMILES string of the molecule is N#Cc1ccc(Oc2ccccc2CCl)cc1. The first-order valence-corrected chi connectivity index (χ1v) is 5.69. The Hall–Kier alpha value is -1.98. The number of nitriles is 1. The number of rotatable bonds is 3. The maximum Gasteiger partial charge on any atom is 0.131 e. The molecule has 0 saturated heterocycles. The van der Waals surface area contributed by atoms with Crippen LogP contribution in [-0.2, 0) is 5.88 Å². The summed E-state index contributed by atoms with van der Waals surface area (Å²) in [5, 5.41) is 8.69. The van der Waals surface area contributed by atoms with Crippen LogP contribution in [0, 0.1) is 11.3 Å². The van der Waals surface area contributed by atoms with Crippen LogP contribution in [-0.4, -0.2) is 0 Å². The molecule has 0 aliphatic heterocycles. The number of hydrogen-bond donors (Lipinski definition) is 0. The third-order valence-corrected chi connectivity index (χ3v) is 2.62. The van der Waals surface area contributed by atoms with Crippen molar-refractivity contribution in [3.8, 4) is 17.6 Å². The van der Waals surface area contributed by atoms with E-state index < -0.39 is 0 Å². The fourth-order valence-electron chi connectivity index (χ4n) is 1.44. The van der Waals surface area contributed by atoms with Crippen LogP contribution in [0.25, 0.3) is 0 Å². The lowest BCUT2D eigenvalue weighted by atomic mass is 10.2. The number of benzene rings is 2. The van der Waals surface area contributed by atoms with Gasteiger partial charge in [0.15, 0.2) is 0 Å². The third-order valence-electron chi connectivity index (χ3n) is 2.33. The molecule has 0 amide bonds. The number of alkyl halides is 1. The molecule has 0 fully saturated rings. The highest BCUT2D eigenvalue weighted by atomic mass is 35.5. The van der Waals surface area contributed by atoms with E-state index in [1.165, 1.54) is 0 Å². The Kier molecular flexibility index (Phi) is 3.64. The minimum Gasteiger partial charge on any atom is -0.457 e. The first-order chi connectivity index (χ1) is 8.33. The minimum atomic E-state index is 0.409. The second kappa shape index (κ2) is 5.38. The average molecular weight is 244 g/mol. The second-order valence-electron chi connectivity index (χ2n) is 3.48. The van der Waals surface area contributed by atoms with Gasteiger partial charge < -0.3 is 4.74 Å². The molecule has 2 nitrogen and oxygen atoms in total. The van der Waals surface area contributed by atoms with E-state index in [9.17, 15) is 0 Å². The van der Waals surface area contributed by atoms with Gasteiger partial charge in [-0.15, -0.1) is 11.6 Å². The lowest BCUT2D eigenvalue weighted by Gasteiger charge is -2.08. The van der Waals surface area contributed by atoms with Crippen molar-refractivity contribution in [3.63, 3.8) is 0 Å². The van der Waals surface area contributed by atoms with Gasteiger partial charge in [0.25, 0.3) is 0 Å². The van der Waals surface area contributed by atoms with Crippen LogP contribution < -0.4 is 4.74 Å². The lowest BCUT2D eigenvalue weighted by Crippen LogP contribution is -1.89. The Morgan fingerprint density at radius 1 is 1.06 bits per heavy atom. The van der Waals surface area contributed by atoms with Gasteiger partial charge in [0.2, 0.25) is 0 Å². The van der Waals surface area contributed by atoms with Gasteiger partial charge >= 0.3 is 0 Å². The molecule has 0 aromatic heterocycles. The molecule has 84 valence electrons. The Bertz CT molecular complexity index is 543. The van der Waals surface area contributed by atoms with Crippen LogP contribution >= 0.6 is 11.6 Å². The minimum absolute atomic E-state index is 0.409. The summed E-state index contributed by atoms with van der Waals surface area (Å²) in [7, 11) is 0. The van der Waals surface area contributed by atoms with Crippen LogP contribution in [0.3, 0.4) is 0 Å². The van der Waals surface area contributed by atoms with E-state index in [4.69, 9.17) is 21.6 Å². The molecular weight excluding hydrogens is 234 g/mol. The Balaban J connectivity index is 2.22. The molecule has 0 saturated carbocycles. The molecule has 2 rings (SSSR count). The molecular formula is C14H10ClNO. The zero-order chi connectivity index (χ0) is 12.1. The van der Waals surface area contributed by atoms with Crippen molar-refractivity contribution >= 4 is 11.6 Å². The number of hydrogen-bond acceptors (Lipinski definition) is 2. The number of nitrogens with zero attached hydrogens (tertiary/aromatic N) is 1. The largest absolute Gasteiger partial charge is 0.457 e. The van der Waals surface area contributed by atoms with Crippen LogP contribution in [0.4, 0.5) is 0 Å². The molecule has 0 atom stereocenters. The van der Waals surface area contributed by atoms with Crippen molar-refractivity contribution in [1.82, 2.24) is 0 Å². The second-order valence-corrected chi connectivity index (χ2v) is 3.75. The Labute approximate surface area is 105 Å². The zero-order valence-corrected chi connectivity index (χ0v) is 9.82.